The van der Waals surface area contributed by atoms with E-state index < -0.39 is 0 Å². The van der Waals surface area contributed by atoms with Crippen LogP contribution in [0.4, 0.5) is 0 Å². The number of thioether (sulfide) groups is 1. The minimum atomic E-state index is 0.363. The summed E-state index contributed by atoms with van der Waals surface area (Å²) < 4.78 is 0. The molecule has 0 aromatic carbocycles. The van der Waals surface area contributed by atoms with Crippen LogP contribution in [0.3, 0.4) is 0 Å². The Morgan fingerprint density at radius 3 is 2.67 bits per heavy atom. The van der Waals surface area contributed by atoms with E-state index in [9.17, 15) is 0 Å². The van der Waals surface area contributed by atoms with Crippen LogP contribution in [-0.2, 0) is 0 Å². The zero-order valence-electron chi connectivity index (χ0n) is 10.6. The van der Waals surface area contributed by atoms with E-state index in [4.69, 9.17) is 5.73 Å². The molecular weight excluding hydrogens is 204 g/mol. The largest absolute Gasteiger partial charge is 0.327 e. The van der Waals surface area contributed by atoms with Crippen molar-refractivity contribution in [3.63, 3.8) is 0 Å². The van der Waals surface area contributed by atoms with Gasteiger partial charge in [-0.2, -0.15) is 11.8 Å². The molecule has 2 nitrogen and oxygen atoms in total. The van der Waals surface area contributed by atoms with Crippen LogP contribution in [0.1, 0.15) is 34.1 Å². The van der Waals surface area contributed by atoms with Crippen molar-refractivity contribution in [3.05, 3.63) is 0 Å². The summed E-state index contributed by atoms with van der Waals surface area (Å²) in [4.78, 5) is 2.60. The van der Waals surface area contributed by atoms with Crippen molar-refractivity contribution in [2.24, 2.45) is 11.7 Å². The van der Waals surface area contributed by atoms with Crippen molar-refractivity contribution >= 4 is 11.8 Å². The van der Waals surface area contributed by atoms with Gasteiger partial charge in [-0.25, -0.2) is 0 Å². The molecule has 3 atom stereocenters. The molecule has 2 N–H and O–H groups in total. The highest BCUT2D eigenvalue weighted by molar-refractivity contribution is 8.00. The van der Waals surface area contributed by atoms with Gasteiger partial charge >= 0.3 is 0 Å². The number of rotatable bonds is 4. The SMILES string of the molecule is CC(C)C(N)CCN1CCSC(C)C1C. The van der Waals surface area contributed by atoms with Gasteiger partial charge in [0.1, 0.15) is 0 Å². The molecule has 15 heavy (non-hydrogen) atoms. The first-order chi connectivity index (χ1) is 7.02. The Morgan fingerprint density at radius 2 is 2.07 bits per heavy atom. The van der Waals surface area contributed by atoms with Crippen molar-refractivity contribution in [1.29, 1.82) is 0 Å². The lowest BCUT2D eigenvalue weighted by molar-refractivity contribution is 0.200. The normalized spacial score (nSPS) is 30.8. The lowest BCUT2D eigenvalue weighted by Crippen LogP contribution is -2.46. The fraction of sp³-hybridized carbons (Fsp3) is 1.00. The average molecular weight is 230 g/mol. The lowest BCUT2D eigenvalue weighted by Gasteiger charge is -2.38. The van der Waals surface area contributed by atoms with Gasteiger partial charge in [-0.15, -0.1) is 0 Å². The van der Waals surface area contributed by atoms with E-state index in [1.807, 2.05) is 0 Å². The fourth-order valence-electron chi connectivity index (χ4n) is 1.96. The molecule has 90 valence electrons. The Kier molecular flexibility index (Phi) is 5.44. The second kappa shape index (κ2) is 6.12. The predicted octanol–water partition coefficient (Wildman–Crippen LogP) is 2.19. The zero-order chi connectivity index (χ0) is 11.4. The molecule has 0 aromatic rings. The van der Waals surface area contributed by atoms with Crippen LogP contribution < -0.4 is 5.73 Å². The van der Waals surface area contributed by atoms with Crippen LogP contribution in [0.5, 0.6) is 0 Å². The van der Waals surface area contributed by atoms with Gasteiger partial charge in [0.25, 0.3) is 0 Å². The Labute approximate surface area is 99.0 Å². The smallest absolute Gasteiger partial charge is 0.0184 e. The maximum absolute atomic E-state index is 6.08. The number of hydrogen-bond donors (Lipinski definition) is 1. The van der Waals surface area contributed by atoms with Crippen LogP contribution in [-0.4, -0.2) is 41.1 Å². The minimum absolute atomic E-state index is 0.363. The Hall–Kier alpha value is 0.270. The molecule has 1 saturated heterocycles. The average Bonchev–Trinajstić information content (AvgIpc) is 2.19. The van der Waals surface area contributed by atoms with Gasteiger partial charge in [0.2, 0.25) is 0 Å². The first kappa shape index (κ1) is 13.3. The third kappa shape index (κ3) is 3.97. The summed E-state index contributed by atoms with van der Waals surface area (Å²) in [6.45, 7) is 11.5. The van der Waals surface area contributed by atoms with Crippen LogP contribution in [0.15, 0.2) is 0 Å². The first-order valence-electron chi connectivity index (χ1n) is 6.13. The highest BCUT2D eigenvalue weighted by Gasteiger charge is 2.25. The topological polar surface area (TPSA) is 29.3 Å². The molecule has 0 aromatic heterocycles. The molecule has 0 radical (unpaired) electrons. The molecule has 1 aliphatic heterocycles. The molecule has 3 heteroatoms. The van der Waals surface area contributed by atoms with Gasteiger partial charge in [0.15, 0.2) is 0 Å². The van der Waals surface area contributed by atoms with Crippen molar-refractivity contribution < 1.29 is 0 Å². The highest BCUT2D eigenvalue weighted by atomic mass is 32.2. The van der Waals surface area contributed by atoms with Crippen LogP contribution >= 0.6 is 11.8 Å². The number of nitrogens with two attached hydrogens (primary N) is 1. The van der Waals surface area contributed by atoms with E-state index >= 15 is 0 Å². The Morgan fingerprint density at radius 1 is 1.40 bits per heavy atom. The summed E-state index contributed by atoms with van der Waals surface area (Å²) in [5.41, 5.74) is 6.08. The molecule has 0 spiro atoms. The van der Waals surface area contributed by atoms with Gasteiger partial charge in [0.05, 0.1) is 0 Å². The van der Waals surface area contributed by atoms with Crippen molar-refractivity contribution in [2.45, 2.75) is 51.4 Å². The third-order valence-electron chi connectivity index (χ3n) is 3.62. The molecule has 3 unspecified atom stereocenters. The quantitative estimate of drug-likeness (QED) is 0.803. The van der Waals surface area contributed by atoms with Crippen molar-refractivity contribution in [2.75, 3.05) is 18.8 Å². The maximum atomic E-state index is 6.08. The number of hydrogen-bond acceptors (Lipinski definition) is 3. The van der Waals surface area contributed by atoms with E-state index in [-0.39, 0.29) is 0 Å². The van der Waals surface area contributed by atoms with Gasteiger partial charge < -0.3 is 5.73 Å². The van der Waals surface area contributed by atoms with Crippen molar-refractivity contribution in [3.8, 4) is 0 Å². The van der Waals surface area contributed by atoms with E-state index in [0.29, 0.717) is 18.0 Å². The summed E-state index contributed by atoms with van der Waals surface area (Å²) in [5, 5.41) is 0.772. The Bertz CT molecular complexity index is 184. The summed E-state index contributed by atoms with van der Waals surface area (Å²) in [5.74, 6) is 1.89. The molecule has 0 bridgehead atoms. The van der Waals surface area contributed by atoms with Gasteiger partial charge in [-0.1, -0.05) is 20.8 Å². The second-order valence-corrected chi connectivity index (χ2v) is 6.53. The molecule has 1 aliphatic rings. The van der Waals surface area contributed by atoms with E-state index in [0.717, 1.165) is 11.7 Å². The van der Waals surface area contributed by atoms with E-state index in [2.05, 4.69) is 44.4 Å². The maximum Gasteiger partial charge on any atom is 0.0184 e. The zero-order valence-corrected chi connectivity index (χ0v) is 11.4. The predicted molar refractivity (Wildman–Crippen MR) is 70.4 cm³/mol. The molecule has 1 rings (SSSR count). The van der Waals surface area contributed by atoms with Crippen molar-refractivity contribution in [1.82, 2.24) is 4.90 Å². The molecule has 0 saturated carbocycles. The van der Waals surface area contributed by atoms with Crippen LogP contribution in [0.2, 0.25) is 0 Å². The monoisotopic (exact) mass is 230 g/mol. The lowest BCUT2D eigenvalue weighted by atomic mass is 10.0. The molecule has 0 amide bonds. The summed E-state index contributed by atoms with van der Waals surface area (Å²) in [7, 11) is 0. The van der Waals surface area contributed by atoms with Gasteiger partial charge in [-0.3, -0.25) is 4.90 Å². The highest BCUT2D eigenvalue weighted by Crippen LogP contribution is 2.24. The van der Waals surface area contributed by atoms with Gasteiger partial charge in [0, 0.05) is 29.6 Å². The standard InChI is InChI=1S/C12H26N2S/c1-9(2)12(13)5-6-14-7-8-15-11(4)10(14)3/h9-12H,5-8,13H2,1-4H3. The van der Waals surface area contributed by atoms with E-state index in [1.54, 1.807) is 0 Å². The minimum Gasteiger partial charge on any atom is -0.327 e. The van der Waals surface area contributed by atoms with Crippen LogP contribution in [0.25, 0.3) is 0 Å². The van der Waals surface area contributed by atoms with E-state index in [1.165, 1.54) is 18.8 Å². The number of nitrogens with zero attached hydrogens (tertiary/aromatic N) is 1. The molecular formula is C12H26N2S. The molecule has 0 aliphatic carbocycles. The van der Waals surface area contributed by atoms with Gasteiger partial charge in [-0.05, 0) is 25.8 Å². The summed E-state index contributed by atoms with van der Waals surface area (Å²) in [6.07, 6.45) is 1.14. The molecule has 1 fully saturated rings. The first-order valence-corrected chi connectivity index (χ1v) is 7.18. The fourth-order valence-corrected chi connectivity index (χ4v) is 3.12. The summed E-state index contributed by atoms with van der Waals surface area (Å²) >= 11 is 2.10. The molecule has 1 heterocycles. The second-order valence-electron chi connectivity index (χ2n) is 5.05. The summed E-state index contributed by atoms with van der Waals surface area (Å²) in [6, 6.07) is 1.07. The van der Waals surface area contributed by atoms with Crippen LogP contribution in [0, 0.1) is 5.92 Å². The Balaban J connectivity index is 2.31. The third-order valence-corrected chi connectivity index (χ3v) is 4.96.